The van der Waals surface area contributed by atoms with Crippen molar-refractivity contribution in [1.82, 2.24) is 15.2 Å². The first-order chi connectivity index (χ1) is 3.83. The maximum absolute atomic E-state index is 8.52. The minimum absolute atomic E-state index is 0.200. The molecule has 0 saturated heterocycles. The van der Waals surface area contributed by atoms with E-state index in [9.17, 15) is 0 Å². The third-order valence-electron chi connectivity index (χ3n) is 0.646. The summed E-state index contributed by atoms with van der Waals surface area (Å²) in [6, 6.07) is -0.200. The van der Waals surface area contributed by atoms with Crippen LogP contribution in [-0.2, 0) is 0 Å². The quantitative estimate of drug-likeness (QED) is 0.536. The van der Waals surface area contributed by atoms with E-state index in [4.69, 9.17) is 5.11 Å². The van der Waals surface area contributed by atoms with Crippen LogP contribution in [0, 0.1) is 0 Å². The molecule has 8 heavy (non-hydrogen) atoms. The normalized spacial score (nSPS) is 9.62. The highest BCUT2D eigenvalue weighted by Crippen LogP contribution is 2.08. The maximum atomic E-state index is 8.52. The first kappa shape index (κ1) is 5.43. The van der Waals surface area contributed by atoms with Gasteiger partial charge in [-0.3, -0.25) is 5.10 Å². The van der Waals surface area contributed by atoms with E-state index in [0.29, 0.717) is 5.16 Å². The molecule has 0 radical (unpaired) electrons. The van der Waals surface area contributed by atoms with Crippen LogP contribution in [0.15, 0.2) is 5.16 Å². The monoisotopic (exact) mass is 131 g/mol. The number of aromatic amines is 1. The molecule has 0 aliphatic rings. The Morgan fingerprint density at radius 2 is 2.50 bits per heavy atom. The third kappa shape index (κ3) is 0.919. The van der Waals surface area contributed by atoms with Crippen LogP contribution in [0.3, 0.4) is 0 Å². The fourth-order valence-electron chi connectivity index (χ4n) is 0.330. The Labute approximate surface area is 50.3 Å². The predicted molar refractivity (Wildman–Crippen MR) is 29.8 cm³/mol. The zero-order chi connectivity index (χ0) is 5.98. The molecule has 0 unspecified atom stereocenters. The van der Waals surface area contributed by atoms with Crippen molar-refractivity contribution in [2.75, 3.05) is 6.26 Å². The highest BCUT2D eigenvalue weighted by Gasteiger charge is 1.94. The fourth-order valence-corrected chi connectivity index (χ4v) is 0.640. The summed E-state index contributed by atoms with van der Waals surface area (Å²) in [4.78, 5) is 3.58. The molecule has 2 N–H and O–H groups in total. The van der Waals surface area contributed by atoms with Crippen LogP contribution in [0.1, 0.15) is 0 Å². The lowest BCUT2D eigenvalue weighted by molar-refractivity contribution is 0.432. The van der Waals surface area contributed by atoms with Crippen molar-refractivity contribution >= 4 is 11.8 Å². The lowest BCUT2D eigenvalue weighted by Crippen LogP contribution is -1.68. The number of nitrogens with zero attached hydrogens (tertiary/aromatic N) is 2. The number of hydrogen-bond donors (Lipinski definition) is 2. The van der Waals surface area contributed by atoms with E-state index in [1.54, 1.807) is 0 Å². The van der Waals surface area contributed by atoms with Gasteiger partial charge in [-0.1, -0.05) is 11.8 Å². The highest BCUT2D eigenvalue weighted by atomic mass is 32.2. The molecule has 1 heterocycles. The summed E-state index contributed by atoms with van der Waals surface area (Å²) in [6.45, 7) is 0. The van der Waals surface area contributed by atoms with E-state index in [1.165, 1.54) is 11.8 Å². The zero-order valence-corrected chi connectivity index (χ0v) is 5.07. The second-order valence-corrected chi connectivity index (χ2v) is 1.94. The van der Waals surface area contributed by atoms with Crippen molar-refractivity contribution in [2.24, 2.45) is 0 Å². The molecule has 0 amide bonds. The van der Waals surface area contributed by atoms with Gasteiger partial charge in [0.05, 0.1) is 0 Å². The molecule has 0 atom stereocenters. The molecular weight excluding hydrogens is 126 g/mol. The molecule has 0 spiro atoms. The number of aromatic nitrogens is 3. The fraction of sp³-hybridized carbons (Fsp3) is 0.333. The molecule has 44 valence electrons. The van der Waals surface area contributed by atoms with Crippen LogP contribution >= 0.6 is 11.8 Å². The molecule has 1 aromatic rings. The number of H-pyrrole nitrogens is 1. The molecular formula is C3H5N3OS. The van der Waals surface area contributed by atoms with E-state index >= 15 is 0 Å². The third-order valence-corrected chi connectivity index (χ3v) is 1.22. The second-order valence-electron chi connectivity index (χ2n) is 1.14. The summed E-state index contributed by atoms with van der Waals surface area (Å²) in [5.74, 6) is 0. The summed E-state index contributed by atoms with van der Waals surface area (Å²) in [5, 5.41) is 15.0. The van der Waals surface area contributed by atoms with E-state index in [2.05, 4.69) is 15.2 Å². The molecule has 0 aliphatic heterocycles. The van der Waals surface area contributed by atoms with E-state index in [0.717, 1.165) is 0 Å². The smallest absolute Gasteiger partial charge is 0.333 e. The van der Waals surface area contributed by atoms with Gasteiger partial charge in [0.1, 0.15) is 0 Å². The Morgan fingerprint density at radius 1 is 1.75 bits per heavy atom. The van der Waals surface area contributed by atoms with Gasteiger partial charge in [0, 0.05) is 0 Å². The van der Waals surface area contributed by atoms with Crippen LogP contribution in [0.4, 0.5) is 0 Å². The first-order valence-corrected chi connectivity index (χ1v) is 3.21. The summed E-state index contributed by atoms with van der Waals surface area (Å²) >= 11 is 1.40. The first-order valence-electron chi connectivity index (χ1n) is 1.98. The Bertz CT molecular complexity index is 175. The van der Waals surface area contributed by atoms with Crippen molar-refractivity contribution < 1.29 is 5.11 Å². The standard InChI is InChI=1S/C3H5N3OS/c1-8-3-4-2(7)5-6-3/h1H3,(H2,4,5,6,7). The Kier molecular flexibility index (Phi) is 1.38. The van der Waals surface area contributed by atoms with Gasteiger partial charge in [0.15, 0.2) is 5.16 Å². The molecule has 1 rings (SSSR count). The molecule has 0 aromatic carbocycles. The van der Waals surface area contributed by atoms with Gasteiger partial charge in [-0.05, 0) is 6.26 Å². The number of rotatable bonds is 1. The summed E-state index contributed by atoms with van der Waals surface area (Å²) in [6.07, 6.45) is 1.85. The van der Waals surface area contributed by atoms with Crippen LogP contribution in [0.5, 0.6) is 6.01 Å². The molecule has 0 fully saturated rings. The van der Waals surface area contributed by atoms with Crippen molar-refractivity contribution in [3.8, 4) is 6.01 Å². The molecule has 0 bridgehead atoms. The Hall–Kier alpha value is -0.710. The molecule has 1 aromatic heterocycles. The van der Waals surface area contributed by atoms with Crippen molar-refractivity contribution in [3.05, 3.63) is 0 Å². The van der Waals surface area contributed by atoms with Crippen molar-refractivity contribution in [1.29, 1.82) is 0 Å². The average molecular weight is 131 g/mol. The van der Waals surface area contributed by atoms with Crippen molar-refractivity contribution in [2.45, 2.75) is 5.16 Å². The van der Waals surface area contributed by atoms with Crippen molar-refractivity contribution in [3.63, 3.8) is 0 Å². The summed E-state index contributed by atoms with van der Waals surface area (Å²) in [7, 11) is 0. The number of nitrogens with one attached hydrogen (secondary N) is 1. The predicted octanol–water partition coefficient (Wildman–Crippen LogP) is 0.232. The molecule has 0 saturated carbocycles. The summed E-state index contributed by atoms with van der Waals surface area (Å²) in [5.41, 5.74) is 0. The van der Waals surface area contributed by atoms with Gasteiger partial charge in [0.2, 0.25) is 0 Å². The SMILES string of the molecule is CSc1nc(O)n[nH]1. The molecule has 5 heteroatoms. The van der Waals surface area contributed by atoms with Gasteiger partial charge in [-0.25, -0.2) is 0 Å². The van der Waals surface area contributed by atoms with E-state index in [-0.39, 0.29) is 6.01 Å². The minimum Gasteiger partial charge on any atom is -0.478 e. The zero-order valence-electron chi connectivity index (χ0n) is 4.25. The largest absolute Gasteiger partial charge is 0.478 e. The highest BCUT2D eigenvalue weighted by molar-refractivity contribution is 7.98. The van der Waals surface area contributed by atoms with Gasteiger partial charge in [-0.15, -0.1) is 5.10 Å². The van der Waals surface area contributed by atoms with E-state index in [1.807, 2.05) is 6.26 Å². The number of aromatic hydroxyl groups is 1. The lowest BCUT2D eigenvalue weighted by atomic mass is 11.2. The number of hydrogen-bond acceptors (Lipinski definition) is 4. The van der Waals surface area contributed by atoms with Crippen LogP contribution in [0.25, 0.3) is 0 Å². The van der Waals surface area contributed by atoms with E-state index < -0.39 is 0 Å². The van der Waals surface area contributed by atoms with Crippen LogP contribution in [0.2, 0.25) is 0 Å². The molecule has 4 nitrogen and oxygen atoms in total. The van der Waals surface area contributed by atoms with Crippen LogP contribution in [-0.4, -0.2) is 26.5 Å². The second kappa shape index (κ2) is 2.04. The summed E-state index contributed by atoms with van der Waals surface area (Å²) < 4.78 is 0. The van der Waals surface area contributed by atoms with Gasteiger partial charge in [0.25, 0.3) is 0 Å². The Balaban J connectivity index is 2.84. The Morgan fingerprint density at radius 3 is 2.75 bits per heavy atom. The minimum atomic E-state index is -0.200. The van der Waals surface area contributed by atoms with Crippen LogP contribution < -0.4 is 0 Å². The maximum Gasteiger partial charge on any atom is 0.333 e. The number of thioether (sulfide) groups is 1. The topological polar surface area (TPSA) is 61.8 Å². The van der Waals surface area contributed by atoms with Gasteiger partial charge >= 0.3 is 6.01 Å². The van der Waals surface area contributed by atoms with Gasteiger partial charge < -0.3 is 5.11 Å². The average Bonchev–Trinajstić information content (AvgIpc) is 2.14. The lowest BCUT2D eigenvalue weighted by Gasteiger charge is -1.77. The molecule has 0 aliphatic carbocycles. The van der Waals surface area contributed by atoms with Gasteiger partial charge in [-0.2, -0.15) is 4.98 Å².